The Balaban J connectivity index is 1.68. The van der Waals surface area contributed by atoms with Gasteiger partial charge in [0.05, 0.1) is 5.52 Å². The highest BCUT2D eigenvalue weighted by Gasteiger charge is 2.13. The van der Waals surface area contributed by atoms with E-state index in [1.54, 1.807) is 18.2 Å². The first-order valence-corrected chi connectivity index (χ1v) is 8.42. The number of fused-ring (bicyclic) bond motifs is 1. The summed E-state index contributed by atoms with van der Waals surface area (Å²) in [5, 5.41) is 0. The number of aryl methyl sites for hydroxylation is 1. The third-order valence-electron chi connectivity index (χ3n) is 3.43. The quantitative estimate of drug-likeness (QED) is 0.509. The summed E-state index contributed by atoms with van der Waals surface area (Å²) < 4.78 is 17.2. The number of hydrogen-bond donors (Lipinski definition) is 0. The molecule has 0 bridgehead atoms. The van der Waals surface area contributed by atoms with Crippen molar-refractivity contribution in [2.75, 3.05) is 0 Å². The molecule has 4 aromatic rings. The number of aromatic nitrogens is 1. The van der Waals surface area contributed by atoms with Crippen LogP contribution in [0.3, 0.4) is 0 Å². The molecule has 5 nitrogen and oxygen atoms in total. The molecule has 0 amide bonds. The first kappa shape index (κ1) is 15.4. The van der Waals surface area contributed by atoms with Gasteiger partial charge in [-0.25, -0.2) is 4.79 Å². The summed E-state index contributed by atoms with van der Waals surface area (Å²) in [5.41, 5.74) is 0.106. The molecule has 0 saturated carbocycles. The first-order chi connectivity index (χ1) is 12.2. The maximum Gasteiger partial charge on any atom is 0.402 e. The van der Waals surface area contributed by atoms with Gasteiger partial charge in [0.2, 0.25) is 0 Å². The van der Waals surface area contributed by atoms with Gasteiger partial charge in [0.15, 0.2) is 11.5 Å². The van der Waals surface area contributed by atoms with Crippen molar-refractivity contribution < 1.29 is 13.9 Å². The third-order valence-corrected chi connectivity index (χ3v) is 4.45. The van der Waals surface area contributed by atoms with Crippen molar-refractivity contribution in [3.05, 3.63) is 76.0 Å². The molecule has 6 heteroatoms. The number of hydrogen-bond acceptors (Lipinski definition) is 6. The lowest BCUT2D eigenvalue weighted by Crippen LogP contribution is -2.01. The molecule has 25 heavy (non-hydrogen) atoms. The monoisotopic (exact) mass is 351 g/mol. The second kappa shape index (κ2) is 6.41. The van der Waals surface area contributed by atoms with Crippen LogP contribution in [0.2, 0.25) is 0 Å². The van der Waals surface area contributed by atoms with Crippen LogP contribution in [0.25, 0.3) is 10.2 Å². The number of nitrogens with zero attached hydrogens (tertiary/aromatic N) is 1. The zero-order valence-corrected chi connectivity index (χ0v) is 14.1. The molecule has 0 fully saturated rings. The number of para-hydroxylation sites is 3. The largest absolute Gasteiger partial charge is 0.453 e. The molecule has 4 rings (SSSR count). The summed E-state index contributed by atoms with van der Waals surface area (Å²) in [5.74, 6) is 1.59. The van der Waals surface area contributed by atoms with Crippen LogP contribution in [0.15, 0.2) is 69.9 Å². The summed E-state index contributed by atoms with van der Waals surface area (Å²) in [6, 6.07) is 18.3. The fourth-order valence-electron chi connectivity index (χ4n) is 2.35. The zero-order chi connectivity index (χ0) is 17.2. The van der Waals surface area contributed by atoms with Gasteiger partial charge in [-0.3, -0.25) is 0 Å². The van der Waals surface area contributed by atoms with Crippen molar-refractivity contribution in [3.8, 4) is 23.3 Å². The maximum atomic E-state index is 12.1. The lowest BCUT2D eigenvalue weighted by molar-refractivity contribution is 0.297. The van der Waals surface area contributed by atoms with Gasteiger partial charge in [0.1, 0.15) is 10.4 Å². The molecule has 0 atom stereocenters. The number of benzene rings is 2. The van der Waals surface area contributed by atoms with E-state index in [-0.39, 0.29) is 6.08 Å². The van der Waals surface area contributed by atoms with Crippen LogP contribution in [0.1, 0.15) is 4.88 Å². The van der Waals surface area contributed by atoms with E-state index in [1.165, 1.54) is 11.3 Å². The highest BCUT2D eigenvalue weighted by molar-refractivity contribution is 7.18. The molecule has 0 N–H and O–H groups in total. The second-order valence-electron chi connectivity index (χ2n) is 5.30. The molecule has 0 aliphatic rings. The van der Waals surface area contributed by atoms with Crippen LogP contribution in [-0.4, -0.2) is 4.98 Å². The zero-order valence-electron chi connectivity index (χ0n) is 13.3. The van der Waals surface area contributed by atoms with Gasteiger partial charge in [-0.2, -0.15) is 4.98 Å². The van der Waals surface area contributed by atoms with Gasteiger partial charge in [0.25, 0.3) is 0 Å². The number of thiophene rings is 1. The molecule has 0 aliphatic heterocycles. The molecule has 0 aliphatic carbocycles. The van der Waals surface area contributed by atoms with E-state index in [1.807, 2.05) is 49.4 Å². The first-order valence-electron chi connectivity index (χ1n) is 7.60. The van der Waals surface area contributed by atoms with E-state index in [0.29, 0.717) is 27.5 Å². The summed E-state index contributed by atoms with van der Waals surface area (Å²) in [6.45, 7) is 1.91. The molecule has 2 heterocycles. The van der Waals surface area contributed by atoms with Gasteiger partial charge in [-0.05, 0) is 37.3 Å². The lowest BCUT2D eigenvalue weighted by Gasteiger charge is -2.10. The molecule has 0 spiro atoms. The summed E-state index contributed by atoms with van der Waals surface area (Å²) in [6.07, 6.45) is -0.112. The SMILES string of the molecule is Cc1cc2nc(Oc3ccccc3Oc3ccccc3)oc(=O)c2s1. The molecule has 0 saturated heterocycles. The molecular weight excluding hydrogens is 338 g/mol. The van der Waals surface area contributed by atoms with Gasteiger partial charge in [-0.15, -0.1) is 11.3 Å². The standard InChI is InChI=1S/C19H13NO4S/c1-12-11-14-17(25-12)18(21)24-19(20-14)23-16-10-6-5-9-15(16)22-13-7-3-2-4-8-13/h2-11H,1H3. The Morgan fingerprint density at radius 3 is 2.40 bits per heavy atom. The highest BCUT2D eigenvalue weighted by Crippen LogP contribution is 2.34. The van der Waals surface area contributed by atoms with Crippen LogP contribution in [0.5, 0.6) is 23.3 Å². The minimum Gasteiger partial charge on any atom is -0.453 e. The molecule has 0 radical (unpaired) electrons. The number of ether oxygens (including phenoxy) is 2. The minimum atomic E-state index is -0.459. The maximum absolute atomic E-state index is 12.1. The summed E-state index contributed by atoms with van der Waals surface area (Å²) in [7, 11) is 0. The van der Waals surface area contributed by atoms with Crippen molar-refractivity contribution in [2.24, 2.45) is 0 Å². The lowest BCUT2D eigenvalue weighted by atomic mass is 10.3. The molecule has 124 valence electrons. The third kappa shape index (κ3) is 3.25. The molecule has 2 aromatic heterocycles. The van der Waals surface area contributed by atoms with E-state index in [4.69, 9.17) is 13.9 Å². The van der Waals surface area contributed by atoms with Crippen LogP contribution in [0.4, 0.5) is 0 Å². The Labute approximate surface area is 147 Å². The normalized spacial score (nSPS) is 10.8. The topological polar surface area (TPSA) is 61.6 Å². The van der Waals surface area contributed by atoms with E-state index in [0.717, 1.165) is 4.88 Å². The predicted molar refractivity (Wildman–Crippen MR) is 95.9 cm³/mol. The predicted octanol–water partition coefficient (Wildman–Crippen LogP) is 5.14. The second-order valence-corrected chi connectivity index (χ2v) is 6.56. The minimum absolute atomic E-state index is 0.112. The summed E-state index contributed by atoms with van der Waals surface area (Å²) >= 11 is 1.35. The van der Waals surface area contributed by atoms with E-state index < -0.39 is 5.63 Å². The fraction of sp³-hybridized carbons (Fsp3) is 0.0526. The van der Waals surface area contributed by atoms with Gasteiger partial charge in [-0.1, -0.05) is 30.3 Å². The smallest absolute Gasteiger partial charge is 0.402 e. The Morgan fingerprint density at radius 2 is 1.64 bits per heavy atom. The van der Waals surface area contributed by atoms with Crippen LogP contribution in [-0.2, 0) is 0 Å². The van der Waals surface area contributed by atoms with Crippen molar-refractivity contribution in [1.82, 2.24) is 4.98 Å². The van der Waals surface area contributed by atoms with Crippen LogP contribution >= 0.6 is 11.3 Å². The van der Waals surface area contributed by atoms with E-state index in [9.17, 15) is 4.79 Å². The average Bonchev–Trinajstić information content (AvgIpc) is 2.99. The Bertz CT molecular complexity index is 1090. The molecule has 2 aromatic carbocycles. The van der Waals surface area contributed by atoms with Crippen molar-refractivity contribution >= 4 is 21.6 Å². The van der Waals surface area contributed by atoms with Gasteiger partial charge < -0.3 is 13.9 Å². The van der Waals surface area contributed by atoms with E-state index >= 15 is 0 Å². The average molecular weight is 351 g/mol. The van der Waals surface area contributed by atoms with Crippen molar-refractivity contribution in [2.45, 2.75) is 6.92 Å². The van der Waals surface area contributed by atoms with Crippen LogP contribution < -0.4 is 15.1 Å². The van der Waals surface area contributed by atoms with Crippen molar-refractivity contribution in [1.29, 1.82) is 0 Å². The molecule has 0 unspecified atom stereocenters. The van der Waals surface area contributed by atoms with Gasteiger partial charge in [0, 0.05) is 4.88 Å². The summed E-state index contributed by atoms with van der Waals surface area (Å²) in [4.78, 5) is 17.3. The van der Waals surface area contributed by atoms with E-state index in [2.05, 4.69) is 4.98 Å². The Kier molecular flexibility index (Phi) is 3.95. The fourth-order valence-corrected chi connectivity index (χ4v) is 3.18. The van der Waals surface area contributed by atoms with Crippen molar-refractivity contribution in [3.63, 3.8) is 0 Å². The Morgan fingerprint density at radius 1 is 0.960 bits per heavy atom. The Hall–Kier alpha value is -3.12. The molecular formula is C19H13NO4S. The highest BCUT2D eigenvalue weighted by atomic mass is 32.1. The van der Waals surface area contributed by atoms with Gasteiger partial charge >= 0.3 is 11.7 Å². The van der Waals surface area contributed by atoms with Crippen LogP contribution in [0, 0.1) is 6.92 Å². The number of rotatable bonds is 4.